The van der Waals surface area contributed by atoms with Crippen LogP contribution in [0.15, 0.2) is 60.8 Å². The second-order valence-corrected chi connectivity index (χ2v) is 9.14. The highest BCUT2D eigenvalue weighted by Gasteiger charge is 2.29. The molecule has 2 aromatic carbocycles. The Labute approximate surface area is 201 Å². The van der Waals surface area contributed by atoms with Gasteiger partial charge in [-0.15, -0.1) is 0 Å². The number of para-hydroxylation sites is 1. The minimum absolute atomic E-state index is 0.0221. The summed E-state index contributed by atoms with van der Waals surface area (Å²) in [5, 5.41) is 1.19. The van der Waals surface area contributed by atoms with Gasteiger partial charge in [0.25, 0.3) is 0 Å². The van der Waals surface area contributed by atoms with Crippen LogP contribution in [-0.2, 0) is 27.3 Å². The van der Waals surface area contributed by atoms with Crippen LogP contribution in [-0.4, -0.2) is 59.9 Å². The van der Waals surface area contributed by atoms with E-state index in [-0.39, 0.29) is 24.3 Å². The lowest BCUT2D eigenvalue weighted by Gasteiger charge is -2.29. The van der Waals surface area contributed by atoms with E-state index in [0.29, 0.717) is 26.2 Å². The first-order valence-electron chi connectivity index (χ1n) is 12.3. The summed E-state index contributed by atoms with van der Waals surface area (Å²) in [6, 6.07) is 18.3. The molecule has 6 nitrogen and oxygen atoms in total. The number of nitrogens with zero attached hydrogens (tertiary/aromatic N) is 2. The Morgan fingerprint density at radius 2 is 1.71 bits per heavy atom. The monoisotopic (exact) mass is 461 g/mol. The number of H-pyrrole nitrogens is 1. The van der Waals surface area contributed by atoms with Gasteiger partial charge in [0, 0.05) is 49.8 Å². The van der Waals surface area contributed by atoms with Gasteiger partial charge in [0.1, 0.15) is 0 Å². The Bertz CT molecular complexity index is 1070. The highest BCUT2D eigenvalue weighted by Crippen LogP contribution is 2.26. The van der Waals surface area contributed by atoms with Gasteiger partial charge in [0.05, 0.1) is 13.2 Å². The van der Waals surface area contributed by atoms with E-state index < -0.39 is 0 Å². The molecule has 1 N–H and O–H groups in total. The number of nitrogens with one attached hydrogen (secondary N) is 1. The molecule has 180 valence electrons. The molecular formula is C28H35N3O3. The van der Waals surface area contributed by atoms with Crippen molar-refractivity contribution in [1.82, 2.24) is 14.8 Å². The van der Waals surface area contributed by atoms with E-state index in [2.05, 4.69) is 17.1 Å². The first kappa shape index (κ1) is 24.0. The Kier molecular flexibility index (Phi) is 8.36. The topological polar surface area (TPSA) is 65.6 Å². The molecule has 0 unspecified atom stereocenters. The molecule has 2 amide bonds. The molecule has 0 aliphatic heterocycles. The quantitative estimate of drug-likeness (QED) is 0.460. The molecule has 6 heteroatoms. The summed E-state index contributed by atoms with van der Waals surface area (Å²) in [7, 11) is 1.63. The maximum atomic E-state index is 13.5. The highest BCUT2D eigenvalue weighted by atomic mass is 16.5. The predicted molar refractivity (Wildman–Crippen MR) is 134 cm³/mol. The fourth-order valence-electron chi connectivity index (χ4n) is 4.85. The summed E-state index contributed by atoms with van der Waals surface area (Å²) in [6.45, 7) is 2.08. The van der Waals surface area contributed by atoms with Gasteiger partial charge in [-0.3, -0.25) is 9.59 Å². The molecule has 1 saturated carbocycles. The van der Waals surface area contributed by atoms with Crippen molar-refractivity contribution in [1.29, 1.82) is 0 Å². The fraction of sp³-hybridized carbons (Fsp3) is 0.429. The number of aromatic nitrogens is 1. The molecule has 0 saturated heterocycles. The molecular weight excluding hydrogens is 426 g/mol. The Hall–Kier alpha value is -3.12. The van der Waals surface area contributed by atoms with Crippen molar-refractivity contribution in [2.24, 2.45) is 5.92 Å². The molecule has 3 aromatic rings. The van der Waals surface area contributed by atoms with E-state index in [1.54, 1.807) is 12.0 Å². The first-order valence-corrected chi connectivity index (χ1v) is 12.3. The van der Waals surface area contributed by atoms with Crippen LogP contribution in [0.2, 0.25) is 0 Å². The molecule has 1 aromatic heterocycles. The summed E-state index contributed by atoms with van der Waals surface area (Å²) in [5.74, 6) is 0.115. The third-order valence-electron chi connectivity index (χ3n) is 6.80. The molecule has 1 heterocycles. The molecule has 0 bridgehead atoms. The average Bonchev–Trinajstić information content (AvgIpc) is 3.55. The number of carbonyl (C=O) groups excluding carboxylic acids is 2. The van der Waals surface area contributed by atoms with E-state index >= 15 is 0 Å². The standard InChI is InChI=1S/C28H35N3O3/c1-34-18-17-31(28(33)23-11-5-6-12-23)21-27(32)30(20-22-9-3-2-4-10-22)16-15-24-19-29-26-14-8-7-13-25(24)26/h2-4,7-10,13-14,19,23,29H,5-6,11-12,15-18,20-21H2,1H3. The van der Waals surface area contributed by atoms with Crippen LogP contribution in [0, 0.1) is 5.92 Å². The molecule has 4 rings (SSSR count). The van der Waals surface area contributed by atoms with Gasteiger partial charge in [-0.2, -0.15) is 0 Å². The maximum Gasteiger partial charge on any atom is 0.242 e. The minimum Gasteiger partial charge on any atom is -0.383 e. The Balaban J connectivity index is 1.49. The lowest BCUT2D eigenvalue weighted by atomic mass is 10.1. The SMILES string of the molecule is COCCN(CC(=O)N(CCc1c[nH]c2ccccc12)Cc1ccccc1)C(=O)C1CCCC1. The third-order valence-corrected chi connectivity index (χ3v) is 6.80. The number of carbonyl (C=O) groups is 2. The number of amides is 2. The molecule has 0 radical (unpaired) electrons. The van der Waals surface area contributed by atoms with E-state index in [4.69, 9.17) is 4.74 Å². The van der Waals surface area contributed by atoms with Crippen LogP contribution in [0.4, 0.5) is 0 Å². The van der Waals surface area contributed by atoms with Crippen molar-refractivity contribution in [2.75, 3.05) is 33.4 Å². The lowest BCUT2D eigenvalue weighted by molar-refractivity contribution is -0.143. The van der Waals surface area contributed by atoms with E-state index in [0.717, 1.165) is 43.2 Å². The second-order valence-electron chi connectivity index (χ2n) is 9.14. The van der Waals surface area contributed by atoms with Crippen molar-refractivity contribution in [2.45, 2.75) is 38.6 Å². The number of aromatic amines is 1. The van der Waals surface area contributed by atoms with Crippen LogP contribution >= 0.6 is 0 Å². The van der Waals surface area contributed by atoms with Crippen LogP contribution < -0.4 is 0 Å². The highest BCUT2D eigenvalue weighted by molar-refractivity contribution is 5.86. The number of ether oxygens (including phenoxy) is 1. The number of hydrogen-bond donors (Lipinski definition) is 1. The van der Waals surface area contributed by atoms with Gasteiger partial charge in [0.15, 0.2) is 0 Å². The molecule has 1 aliphatic rings. The van der Waals surface area contributed by atoms with Gasteiger partial charge in [-0.05, 0) is 36.5 Å². The van der Waals surface area contributed by atoms with Crippen LogP contribution in [0.5, 0.6) is 0 Å². The number of methoxy groups -OCH3 is 1. The van der Waals surface area contributed by atoms with Gasteiger partial charge in [0.2, 0.25) is 11.8 Å². The van der Waals surface area contributed by atoms with E-state index in [1.807, 2.05) is 53.6 Å². The van der Waals surface area contributed by atoms with Gasteiger partial charge in [-0.25, -0.2) is 0 Å². The van der Waals surface area contributed by atoms with Crippen LogP contribution in [0.25, 0.3) is 10.9 Å². The predicted octanol–water partition coefficient (Wildman–Crippen LogP) is 4.40. The molecule has 0 spiro atoms. The molecule has 0 atom stereocenters. The first-order chi connectivity index (χ1) is 16.7. The van der Waals surface area contributed by atoms with Gasteiger partial charge < -0.3 is 19.5 Å². The summed E-state index contributed by atoms with van der Waals surface area (Å²) in [5.41, 5.74) is 3.38. The summed E-state index contributed by atoms with van der Waals surface area (Å²) in [4.78, 5) is 33.6. The lowest BCUT2D eigenvalue weighted by Crippen LogP contribution is -2.46. The third kappa shape index (κ3) is 6.06. The Morgan fingerprint density at radius 1 is 0.971 bits per heavy atom. The normalized spacial score (nSPS) is 13.9. The van der Waals surface area contributed by atoms with Gasteiger partial charge in [-0.1, -0.05) is 61.4 Å². The number of rotatable bonds is 11. The van der Waals surface area contributed by atoms with Crippen molar-refractivity contribution >= 4 is 22.7 Å². The number of benzene rings is 2. The average molecular weight is 462 g/mol. The Morgan fingerprint density at radius 3 is 2.47 bits per heavy atom. The maximum absolute atomic E-state index is 13.5. The molecule has 1 aliphatic carbocycles. The fourth-order valence-corrected chi connectivity index (χ4v) is 4.85. The molecule has 1 fully saturated rings. The van der Waals surface area contributed by atoms with Crippen molar-refractivity contribution in [3.05, 3.63) is 71.9 Å². The summed E-state index contributed by atoms with van der Waals surface area (Å²) in [6.07, 6.45) is 6.80. The van der Waals surface area contributed by atoms with Crippen molar-refractivity contribution < 1.29 is 14.3 Å². The zero-order valence-electron chi connectivity index (χ0n) is 20.0. The smallest absolute Gasteiger partial charge is 0.242 e. The zero-order chi connectivity index (χ0) is 23.8. The minimum atomic E-state index is -0.0221. The van der Waals surface area contributed by atoms with Gasteiger partial charge >= 0.3 is 0 Å². The summed E-state index contributed by atoms with van der Waals surface area (Å²) >= 11 is 0. The van der Waals surface area contributed by atoms with Crippen LogP contribution in [0.1, 0.15) is 36.8 Å². The summed E-state index contributed by atoms with van der Waals surface area (Å²) < 4.78 is 5.24. The number of hydrogen-bond acceptors (Lipinski definition) is 3. The van der Waals surface area contributed by atoms with Crippen molar-refractivity contribution in [3.63, 3.8) is 0 Å². The van der Waals surface area contributed by atoms with E-state index in [9.17, 15) is 9.59 Å². The largest absolute Gasteiger partial charge is 0.383 e. The molecule has 34 heavy (non-hydrogen) atoms. The second kappa shape index (κ2) is 11.8. The number of fused-ring (bicyclic) bond motifs is 1. The van der Waals surface area contributed by atoms with E-state index in [1.165, 1.54) is 10.9 Å². The van der Waals surface area contributed by atoms with Crippen LogP contribution in [0.3, 0.4) is 0 Å². The zero-order valence-corrected chi connectivity index (χ0v) is 20.0. The van der Waals surface area contributed by atoms with Crippen molar-refractivity contribution in [3.8, 4) is 0 Å².